The molecular formula is C16H13ClN2O3. The van der Waals surface area contributed by atoms with Crippen LogP contribution in [0, 0.1) is 0 Å². The van der Waals surface area contributed by atoms with E-state index >= 15 is 0 Å². The van der Waals surface area contributed by atoms with Crippen molar-refractivity contribution in [2.45, 2.75) is 6.61 Å². The fraction of sp³-hybridized carbons (Fsp3) is 0.125. The number of benzene rings is 2. The SMILES string of the molecule is COc1cccc(OCc2noc(-c3ccccc3Cl)n2)c1. The molecule has 1 aromatic heterocycles. The number of hydrogen-bond acceptors (Lipinski definition) is 5. The molecule has 0 aliphatic carbocycles. The second-order valence-electron chi connectivity index (χ2n) is 4.46. The molecule has 2 aromatic carbocycles. The normalized spacial score (nSPS) is 10.5. The Kier molecular flexibility index (Phi) is 4.25. The predicted molar refractivity (Wildman–Crippen MR) is 82.1 cm³/mol. The van der Waals surface area contributed by atoms with Crippen LogP contribution in [0.25, 0.3) is 11.5 Å². The Morgan fingerprint density at radius 3 is 2.73 bits per heavy atom. The zero-order valence-corrected chi connectivity index (χ0v) is 12.6. The third-order valence-corrected chi connectivity index (χ3v) is 3.31. The minimum atomic E-state index is 0.196. The Morgan fingerprint density at radius 2 is 1.91 bits per heavy atom. The van der Waals surface area contributed by atoms with Crippen LogP contribution in [0.5, 0.6) is 11.5 Å². The highest BCUT2D eigenvalue weighted by molar-refractivity contribution is 6.33. The molecule has 0 bridgehead atoms. The summed E-state index contributed by atoms with van der Waals surface area (Å²) in [6, 6.07) is 14.6. The maximum absolute atomic E-state index is 6.10. The van der Waals surface area contributed by atoms with Crippen LogP contribution < -0.4 is 9.47 Å². The van der Waals surface area contributed by atoms with E-state index in [0.29, 0.717) is 28.1 Å². The molecule has 0 atom stereocenters. The summed E-state index contributed by atoms with van der Waals surface area (Å²) in [5, 5.41) is 4.45. The molecule has 0 saturated carbocycles. The van der Waals surface area contributed by atoms with Crippen molar-refractivity contribution in [3.8, 4) is 23.0 Å². The zero-order valence-electron chi connectivity index (χ0n) is 11.8. The molecule has 3 aromatic rings. The van der Waals surface area contributed by atoms with E-state index in [2.05, 4.69) is 10.1 Å². The summed E-state index contributed by atoms with van der Waals surface area (Å²) in [6.45, 7) is 0.196. The fourth-order valence-electron chi connectivity index (χ4n) is 1.90. The number of nitrogens with zero attached hydrogens (tertiary/aromatic N) is 2. The van der Waals surface area contributed by atoms with Gasteiger partial charge < -0.3 is 14.0 Å². The molecule has 112 valence electrons. The summed E-state index contributed by atoms with van der Waals surface area (Å²) in [5.74, 6) is 2.21. The summed E-state index contributed by atoms with van der Waals surface area (Å²) in [7, 11) is 1.61. The van der Waals surface area contributed by atoms with Crippen LogP contribution in [0.2, 0.25) is 5.02 Å². The average molecular weight is 317 g/mol. The lowest BCUT2D eigenvalue weighted by atomic mass is 10.2. The van der Waals surface area contributed by atoms with Gasteiger partial charge in [-0.3, -0.25) is 0 Å². The van der Waals surface area contributed by atoms with Gasteiger partial charge in [0.15, 0.2) is 6.61 Å². The Balaban J connectivity index is 1.71. The molecule has 0 spiro atoms. The van der Waals surface area contributed by atoms with Gasteiger partial charge in [0.2, 0.25) is 5.82 Å². The van der Waals surface area contributed by atoms with Crippen molar-refractivity contribution in [3.63, 3.8) is 0 Å². The van der Waals surface area contributed by atoms with Gasteiger partial charge in [-0.05, 0) is 24.3 Å². The van der Waals surface area contributed by atoms with Gasteiger partial charge in [0.1, 0.15) is 11.5 Å². The second-order valence-corrected chi connectivity index (χ2v) is 4.87. The molecule has 6 heteroatoms. The van der Waals surface area contributed by atoms with E-state index in [1.807, 2.05) is 36.4 Å². The Hall–Kier alpha value is -2.53. The smallest absolute Gasteiger partial charge is 0.259 e. The van der Waals surface area contributed by atoms with E-state index in [4.69, 9.17) is 25.6 Å². The van der Waals surface area contributed by atoms with Crippen molar-refractivity contribution < 1.29 is 14.0 Å². The lowest BCUT2D eigenvalue weighted by Crippen LogP contribution is -1.97. The monoisotopic (exact) mass is 316 g/mol. The molecule has 22 heavy (non-hydrogen) atoms. The molecule has 0 radical (unpaired) electrons. The van der Waals surface area contributed by atoms with Crippen LogP contribution in [0.1, 0.15) is 5.82 Å². The van der Waals surface area contributed by atoms with Gasteiger partial charge in [0.05, 0.1) is 17.7 Å². The molecule has 0 unspecified atom stereocenters. The molecule has 0 fully saturated rings. The molecular weight excluding hydrogens is 304 g/mol. The van der Waals surface area contributed by atoms with Gasteiger partial charge in [-0.1, -0.05) is 35.0 Å². The van der Waals surface area contributed by atoms with Crippen molar-refractivity contribution >= 4 is 11.6 Å². The Labute approximate surface area is 132 Å². The largest absolute Gasteiger partial charge is 0.497 e. The van der Waals surface area contributed by atoms with Crippen LogP contribution in [0.15, 0.2) is 53.1 Å². The highest BCUT2D eigenvalue weighted by atomic mass is 35.5. The first-order chi connectivity index (χ1) is 10.8. The van der Waals surface area contributed by atoms with Gasteiger partial charge in [-0.2, -0.15) is 4.98 Å². The number of halogens is 1. The molecule has 0 aliphatic heterocycles. The van der Waals surface area contributed by atoms with Crippen molar-refractivity contribution in [2.24, 2.45) is 0 Å². The summed E-state index contributed by atoms with van der Waals surface area (Å²) in [6.07, 6.45) is 0. The highest BCUT2D eigenvalue weighted by Gasteiger charge is 2.12. The Bertz CT molecular complexity index is 773. The van der Waals surface area contributed by atoms with E-state index < -0.39 is 0 Å². The summed E-state index contributed by atoms with van der Waals surface area (Å²) < 4.78 is 16.0. The van der Waals surface area contributed by atoms with E-state index in [1.54, 1.807) is 19.2 Å². The molecule has 0 N–H and O–H groups in total. The first kappa shape index (κ1) is 14.4. The molecule has 0 aliphatic rings. The quantitative estimate of drug-likeness (QED) is 0.712. The molecule has 1 heterocycles. The first-order valence-corrected chi connectivity index (χ1v) is 6.98. The van der Waals surface area contributed by atoms with Crippen molar-refractivity contribution in [1.82, 2.24) is 10.1 Å². The van der Waals surface area contributed by atoms with Crippen molar-refractivity contribution in [1.29, 1.82) is 0 Å². The Morgan fingerprint density at radius 1 is 1.09 bits per heavy atom. The minimum Gasteiger partial charge on any atom is -0.497 e. The zero-order chi connectivity index (χ0) is 15.4. The van der Waals surface area contributed by atoms with Crippen molar-refractivity contribution in [3.05, 3.63) is 59.4 Å². The maximum atomic E-state index is 6.10. The third kappa shape index (κ3) is 3.20. The van der Waals surface area contributed by atoms with E-state index in [-0.39, 0.29) is 6.61 Å². The van der Waals surface area contributed by atoms with Gasteiger partial charge in [0, 0.05) is 6.07 Å². The van der Waals surface area contributed by atoms with E-state index in [1.165, 1.54) is 0 Å². The van der Waals surface area contributed by atoms with E-state index in [0.717, 1.165) is 5.75 Å². The van der Waals surface area contributed by atoms with Gasteiger partial charge in [-0.15, -0.1) is 0 Å². The van der Waals surface area contributed by atoms with Gasteiger partial charge >= 0.3 is 0 Å². The van der Waals surface area contributed by atoms with Crippen LogP contribution in [-0.4, -0.2) is 17.3 Å². The first-order valence-electron chi connectivity index (χ1n) is 6.60. The summed E-state index contributed by atoms with van der Waals surface area (Å²) in [4.78, 5) is 4.28. The maximum Gasteiger partial charge on any atom is 0.259 e. The van der Waals surface area contributed by atoms with Crippen molar-refractivity contribution in [2.75, 3.05) is 7.11 Å². The second kappa shape index (κ2) is 6.49. The van der Waals surface area contributed by atoms with Crippen LogP contribution in [0.3, 0.4) is 0 Å². The number of ether oxygens (including phenoxy) is 2. The van der Waals surface area contributed by atoms with E-state index in [9.17, 15) is 0 Å². The van der Waals surface area contributed by atoms with Gasteiger partial charge in [-0.25, -0.2) is 0 Å². The lowest BCUT2D eigenvalue weighted by Gasteiger charge is -2.05. The molecule has 3 rings (SSSR count). The third-order valence-electron chi connectivity index (χ3n) is 2.98. The number of rotatable bonds is 5. The van der Waals surface area contributed by atoms with Gasteiger partial charge in [0.25, 0.3) is 5.89 Å². The van der Waals surface area contributed by atoms with Crippen LogP contribution in [-0.2, 0) is 6.61 Å². The number of hydrogen-bond donors (Lipinski definition) is 0. The lowest BCUT2D eigenvalue weighted by molar-refractivity contribution is 0.285. The number of aromatic nitrogens is 2. The molecule has 0 amide bonds. The molecule has 0 saturated heterocycles. The topological polar surface area (TPSA) is 57.4 Å². The number of methoxy groups -OCH3 is 1. The summed E-state index contributed by atoms with van der Waals surface area (Å²) >= 11 is 6.10. The fourth-order valence-corrected chi connectivity index (χ4v) is 2.11. The highest BCUT2D eigenvalue weighted by Crippen LogP contribution is 2.26. The van der Waals surface area contributed by atoms with Crippen LogP contribution in [0.4, 0.5) is 0 Å². The molecule has 5 nitrogen and oxygen atoms in total. The van der Waals surface area contributed by atoms with Crippen LogP contribution >= 0.6 is 11.6 Å². The standard InChI is InChI=1S/C16H13ClN2O3/c1-20-11-5-4-6-12(9-11)21-10-15-18-16(22-19-15)13-7-2-3-8-14(13)17/h2-9H,10H2,1H3. The predicted octanol–water partition coefficient (Wildman–Crippen LogP) is 3.98. The average Bonchev–Trinajstić information content (AvgIpc) is 3.02. The summed E-state index contributed by atoms with van der Waals surface area (Å²) in [5.41, 5.74) is 0.698. The minimum absolute atomic E-state index is 0.196.